The van der Waals surface area contributed by atoms with Crippen molar-refractivity contribution in [2.45, 2.75) is 64.0 Å². The lowest BCUT2D eigenvalue weighted by Crippen LogP contribution is -2.59. The molecule has 1 aliphatic heterocycles. The van der Waals surface area contributed by atoms with Gasteiger partial charge in [0.2, 0.25) is 10.0 Å². The quantitative estimate of drug-likeness (QED) is 0.256. The van der Waals surface area contributed by atoms with Gasteiger partial charge in [-0.25, -0.2) is 12.8 Å². The van der Waals surface area contributed by atoms with Crippen LogP contribution < -0.4 is 4.31 Å². The summed E-state index contributed by atoms with van der Waals surface area (Å²) in [5.41, 5.74) is 0.567. The van der Waals surface area contributed by atoms with Crippen molar-refractivity contribution in [2.24, 2.45) is 5.92 Å². The van der Waals surface area contributed by atoms with Crippen LogP contribution in [0.3, 0.4) is 0 Å². The van der Waals surface area contributed by atoms with Crippen molar-refractivity contribution in [1.82, 2.24) is 4.90 Å². The lowest BCUT2D eigenvalue weighted by atomic mass is 9.94. The number of carbonyl (C=O) groups is 2. The molecule has 1 unspecified atom stereocenters. The van der Waals surface area contributed by atoms with Crippen LogP contribution >= 0.6 is 23.2 Å². The third-order valence-corrected chi connectivity index (χ3v) is 10.3. The SMILES string of the molecule is CC(C)C(CN(c1ccccc1F)S(=O)(=O)C(C)(C)C)N1C(=O)[C@@H](CC(=O)O)OC[C@H]1c1ccc(Cl)cc1.Clc1ccccc1. The first-order chi connectivity index (χ1) is 21.0. The maximum absolute atomic E-state index is 15.0. The summed E-state index contributed by atoms with van der Waals surface area (Å²) < 4.78 is 48.0. The summed E-state index contributed by atoms with van der Waals surface area (Å²) in [7, 11) is -4.11. The van der Waals surface area contributed by atoms with Crippen LogP contribution in [-0.4, -0.2) is 60.3 Å². The second-order valence-electron chi connectivity index (χ2n) is 11.9. The molecule has 244 valence electrons. The predicted octanol–water partition coefficient (Wildman–Crippen LogP) is 7.22. The molecule has 4 rings (SSSR count). The highest BCUT2D eigenvalue weighted by molar-refractivity contribution is 7.94. The topological polar surface area (TPSA) is 104 Å². The van der Waals surface area contributed by atoms with Crippen LogP contribution in [0.2, 0.25) is 10.0 Å². The number of anilines is 1. The molecular weight excluding hydrogens is 642 g/mol. The zero-order valence-electron chi connectivity index (χ0n) is 25.9. The average molecular weight is 682 g/mol. The minimum atomic E-state index is -4.11. The van der Waals surface area contributed by atoms with Gasteiger partial charge < -0.3 is 14.7 Å². The van der Waals surface area contributed by atoms with Crippen molar-refractivity contribution >= 4 is 50.8 Å². The highest BCUT2D eigenvalue weighted by Gasteiger charge is 2.45. The van der Waals surface area contributed by atoms with E-state index in [-0.39, 0.29) is 24.8 Å². The van der Waals surface area contributed by atoms with Crippen LogP contribution in [-0.2, 0) is 24.3 Å². The van der Waals surface area contributed by atoms with E-state index in [0.717, 1.165) is 9.33 Å². The standard InChI is InChI=1S/C27H34ClFN2O6S.C6H5Cl/c1-17(2)22(15-30(38(35,36)27(3,4)5)21-9-7-6-8-20(21)29)31-23(18-10-12-19(28)13-11-18)16-37-24(26(31)34)14-25(32)33;7-6-4-2-1-3-5-6/h6-13,17,22-24H,14-16H2,1-5H3,(H,32,33);1-5H/t22?,23-,24+;/m0./s1. The van der Waals surface area contributed by atoms with Gasteiger partial charge in [0.1, 0.15) is 11.9 Å². The largest absolute Gasteiger partial charge is 0.481 e. The van der Waals surface area contributed by atoms with E-state index in [9.17, 15) is 23.1 Å². The molecule has 3 atom stereocenters. The number of nitrogens with zero attached hydrogens (tertiary/aromatic N) is 2. The molecule has 0 bridgehead atoms. The Kier molecular flexibility index (Phi) is 12.4. The molecule has 1 N–H and O–H groups in total. The van der Waals surface area contributed by atoms with Crippen LogP contribution in [0.25, 0.3) is 0 Å². The smallest absolute Gasteiger partial charge is 0.306 e. The molecule has 3 aromatic carbocycles. The summed E-state index contributed by atoms with van der Waals surface area (Å²) in [5, 5.41) is 10.6. The Balaban J connectivity index is 0.000000693. The predicted molar refractivity (Wildman–Crippen MR) is 176 cm³/mol. The summed E-state index contributed by atoms with van der Waals surface area (Å²) in [4.78, 5) is 26.7. The molecule has 0 spiro atoms. The molecule has 12 heteroatoms. The Morgan fingerprint density at radius 1 is 1.00 bits per heavy atom. The Hall–Kier alpha value is -3.18. The number of aliphatic carboxylic acids is 1. The summed E-state index contributed by atoms with van der Waals surface area (Å²) >= 11 is 11.6. The van der Waals surface area contributed by atoms with Crippen molar-refractivity contribution in [3.05, 3.63) is 100 Å². The normalized spacial score (nSPS) is 17.8. The summed E-state index contributed by atoms with van der Waals surface area (Å²) in [6.45, 7) is 8.01. The van der Waals surface area contributed by atoms with Crippen molar-refractivity contribution < 1.29 is 32.2 Å². The fourth-order valence-corrected chi connectivity index (χ4v) is 6.52. The van der Waals surface area contributed by atoms with Crippen LogP contribution in [0.1, 0.15) is 52.6 Å². The molecule has 0 aromatic heterocycles. The Morgan fingerprint density at radius 2 is 1.56 bits per heavy atom. The first kappa shape index (κ1) is 36.3. The zero-order valence-corrected chi connectivity index (χ0v) is 28.2. The number of amides is 1. The Bertz CT molecular complexity index is 1550. The van der Waals surface area contributed by atoms with Gasteiger partial charge in [-0.05, 0) is 68.7 Å². The van der Waals surface area contributed by atoms with Crippen LogP contribution in [0.4, 0.5) is 10.1 Å². The van der Waals surface area contributed by atoms with Gasteiger partial charge in [-0.3, -0.25) is 13.9 Å². The number of ether oxygens (including phenoxy) is 1. The number of carboxylic acids is 1. The second-order valence-corrected chi connectivity index (χ2v) is 15.4. The minimum absolute atomic E-state index is 0.000256. The molecule has 0 aliphatic carbocycles. The van der Waals surface area contributed by atoms with E-state index in [1.807, 2.05) is 44.2 Å². The van der Waals surface area contributed by atoms with Crippen molar-refractivity contribution in [2.75, 3.05) is 17.5 Å². The number of rotatable bonds is 9. The molecule has 1 saturated heterocycles. The fourth-order valence-electron chi connectivity index (χ4n) is 4.83. The Labute approximate surface area is 274 Å². The summed E-state index contributed by atoms with van der Waals surface area (Å²) in [6, 6.07) is 20.5. The molecular formula is C33H39Cl2FN2O6S. The van der Waals surface area contributed by atoms with Crippen molar-refractivity contribution in [1.29, 1.82) is 0 Å². The third-order valence-electron chi connectivity index (χ3n) is 7.33. The van der Waals surface area contributed by atoms with Gasteiger partial charge in [-0.15, -0.1) is 0 Å². The summed E-state index contributed by atoms with van der Waals surface area (Å²) in [6.07, 6.45) is -1.77. The van der Waals surface area contributed by atoms with E-state index in [4.69, 9.17) is 27.9 Å². The number of carboxylic acid groups (broad SMARTS) is 1. The molecule has 3 aromatic rings. The molecule has 1 amide bonds. The van der Waals surface area contributed by atoms with E-state index in [2.05, 4.69) is 0 Å². The van der Waals surface area contributed by atoms with E-state index in [1.54, 1.807) is 30.3 Å². The number of morpholine rings is 1. The lowest BCUT2D eigenvalue weighted by molar-refractivity contribution is -0.170. The lowest BCUT2D eigenvalue weighted by Gasteiger charge is -2.47. The highest BCUT2D eigenvalue weighted by Crippen LogP contribution is 2.36. The number of hydrogen-bond acceptors (Lipinski definition) is 5. The molecule has 0 saturated carbocycles. The molecule has 1 heterocycles. The maximum Gasteiger partial charge on any atom is 0.306 e. The maximum atomic E-state index is 15.0. The van der Waals surface area contributed by atoms with Gasteiger partial charge in [0, 0.05) is 10.0 Å². The number of carbonyl (C=O) groups excluding carboxylic acids is 1. The number of halogens is 3. The Morgan fingerprint density at radius 3 is 2.04 bits per heavy atom. The fraction of sp³-hybridized carbons (Fsp3) is 0.394. The van der Waals surface area contributed by atoms with Gasteiger partial charge in [-0.2, -0.15) is 0 Å². The second kappa shape index (κ2) is 15.4. The number of benzene rings is 3. The third kappa shape index (κ3) is 9.19. The number of sulfonamides is 1. The molecule has 1 fully saturated rings. The molecule has 45 heavy (non-hydrogen) atoms. The summed E-state index contributed by atoms with van der Waals surface area (Å²) in [5.74, 6) is -2.77. The minimum Gasteiger partial charge on any atom is -0.481 e. The molecule has 1 aliphatic rings. The highest BCUT2D eigenvalue weighted by atomic mass is 35.5. The zero-order chi connectivity index (χ0) is 33.5. The molecule has 0 radical (unpaired) electrons. The van der Waals surface area contributed by atoms with Gasteiger partial charge in [-0.1, -0.05) is 79.5 Å². The first-order valence-corrected chi connectivity index (χ1v) is 16.6. The van der Waals surface area contributed by atoms with E-state index >= 15 is 4.39 Å². The van der Waals surface area contributed by atoms with Crippen LogP contribution in [0.15, 0.2) is 78.9 Å². The first-order valence-electron chi connectivity index (χ1n) is 14.4. The van der Waals surface area contributed by atoms with E-state index < -0.39 is 57.1 Å². The van der Waals surface area contributed by atoms with Crippen molar-refractivity contribution in [3.8, 4) is 0 Å². The van der Waals surface area contributed by atoms with Gasteiger partial charge >= 0.3 is 5.97 Å². The number of para-hydroxylation sites is 1. The van der Waals surface area contributed by atoms with Crippen LogP contribution in [0.5, 0.6) is 0 Å². The monoisotopic (exact) mass is 680 g/mol. The van der Waals surface area contributed by atoms with Crippen molar-refractivity contribution in [3.63, 3.8) is 0 Å². The van der Waals surface area contributed by atoms with Gasteiger partial charge in [0.05, 0.1) is 42.1 Å². The average Bonchev–Trinajstić information content (AvgIpc) is 2.96. The van der Waals surface area contributed by atoms with E-state index in [1.165, 1.54) is 43.9 Å². The van der Waals surface area contributed by atoms with Gasteiger partial charge in [0.15, 0.2) is 0 Å². The van der Waals surface area contributed by atoms with Gasteiger partial charge in [0.25, 0.3) is 5.91 Å². The molecule has 8 nitrogen and oxygen atoms in total. The van der Waals surface area contributed by atoms with Crippen LogP contribution in [0, 0.1) is 11.7 Å². The number of hydrogen-bond donors (Lipinski definition) is 1. The van der Waals surface area contributed by atoms with E-state index in [0.29, 0.717) is 10.6 Å².